The average molecular weight is 469 g/mol. The third-order valence-electron chi connectivity index (χ3n) is 5.28. The van der Waals surface area contributed by atoms with E-state index in [0.717, 1.165) is 24.0 Å². The van der Waals surface area contributed by atoms with Crippen LogP contribution in [0.1, 0.15) is 69.2 Å². The van der Waals surface area contributed by atoms with Gasteiger partial charge in [0.05, 0.1) is 6.04 Å². The van der Waals surface area contributed by atoms with Crippen LogP contribution in [0, 0.1) is 13.8 Å². The maximum absolute atomic E-state index is 13.1. The van der Waals surface area contributed by atoms with Crippen molar-refractivity contribution in [1.82, 2.24) is 10.2 Å². The second-order valence-corrected chi connectivity index (χ2v) is 9.89. The number of hydrogen-bond acceptors (Lipinski definition) is 4. The summed E-state index contributed by atoms with van der Waals surface area (Å²) in [5.74, 6) is 0. The lowest BCUT2D eigenvalue weighted by atomic mass is 10.1. The van der Waals surface area contributed by atoms with Gasteiger partial charge in [-0.1, -0.05) is 79.4 Å². The lowest BCUT2D eigenvalue weighted by molar-refractivity contribution is 0.0442. The average Bonchev–Trinajstić information content (AvgIpc) is 2.76. The molecule has 2 aromatic rings. The quantitative estimate of drug-likeness (QED) is 0.431. The van der Waals surface area contributed by atoms with E-state index in [2.05, 4.69) is 12.2 Å². The van der Waals surface area contributed by atoms with Crippen LogP contribution in [-0.2, 0) is 22.6 Å². The van der Waals surface area contributed by atoms with Crippen LogP contribution in [-0.4, -0.2) is 35.3 Å². The summed E-state index contributed by atoms with van der Waals surface area (Å²) in [5.41, 5.74) is 3.81. The van der Waals surface area contributed by atoms with E-state index in [1.165, 1.54) is 11.1 Å². The smallest absolute Gasteiger partial charge is 0.410 e. The monoisotopic (exact) mass is 468 g/mol. The van der Waals surface area contributed by atoms with E-state index in [1.807, 2.05) is 83.1 Å². The van der Waals surface area contributed by atoms with Gasteiger partial charge in [-0.05, 0) is 52.2 Å². The first kappa shape index (κ1) is 27.2. The highest BCUT2D eigenvalue weighted by Gasteiger charge is 2.22. The number of benzene rings is 2. The van der Waals surface area contributed by atoms with Gasteiger partial charge in [-0.3, -0.25) is 4.90 Å². The lowest BCUT2D eigenvalue weighted by Crippen LogP contribution is -2.43. The van der Waals surface area contributed by atoms with Crippen molar-refractivity contribution in [2.24, 2.45) is 0 Å². The minimum absolute atomic E-state index is 0.0936. The standard InChI is InChI=1S/C28H40N2O4/c1-7-8-9-25(29-26(31)34-28(4,5)6)20-33-27(32)30(18-23-14-10-21(2)11-15-23)19-24-16-12-22(3)13-17-24/h10-17,25H,7-9,18-20H2,1-6H3,(H,29,31)/t25-/m0/s1. The fourth-order valence-electron chi connectivity index (χ4n) is 3.40. The van der Waals surface area contributed by atoms with Gasteiger partial charge in [-0.2, -0.15) is 0 Å². The van der Waals surface area contributed by atoms with E-state index in [4.69, 9.17) is 9.47 Å². The summed E-state index contributed by atoms with van der Waals surface area (Å²) in [7, 11) is 0. The van der Waals surface area contributed by atoms with E-state index in [0.29, 0.717) is 19.5 Å². The number of nitrogens with one attached hydrogen (secondary N) is 1. The fourth-order valence-corrected chi connectivity index (χ4v) is 3.40. The maximum Gasteiger partial charge on any atom is 0.410 e. The van der Waals surface area contributed by atoms with Crippen LogP contribution in [0.4, 0.5) is 9.59 Å². The number of alkyl carbamates (subject to hydrolysis) is 1. The number of unbranched alkanes of at least 4 members (excludes halogenated alkanes) is 1. The summed E-state index contributed by atoms with van der Waals surface area (Å²) in [6.07, 6.45) is 1.69. The first-order valence-corrected chi connectivity index (χ1v) is 12.1. The topological polar surface area (TPSA) is 67.9 Å². The highest BCUT2D eigenvalue weighted by Crippen LogP contribution is 2.14. The van der Waals surface area contributed by atoms with Crippen LogP contribution in [0.3, 0.4) is 0 Å². The first-order valence-electron chi connectivity index (χ1n) is 12.1. The zero-order valence-corrected chi connectivity index (χ0v) is 21.5. The molecule has 0 aromatic heterocycles. The number of nitrogens with zero attached hydrogens (tertiary/aromatic N) is 1. The molecule has 2 aromatic carbocycles. The van der Waals surface area contributed by atoms with Gasteiger partial charge in [0.15, 0.2) is 0 Å². The number of carbonyl (C=O) groups excluding carboxylic acids is 2. The molecule has 0 heterocycles. The van der Waals surface area contributed by atoms with Crippen LogP contribution in [0.15, 0.2) is 48.5 Å². The van der Waals surface area contributed by atoms with Crippen molar-refractivity contribution in [2.75, 3.05) is 6.61 Å². The van der Waals surface area contributed by atoms with Crippen LogP contribution >= 0.6 is 0 Å². The highest BCUT2D eigenvalue weighted by atomic mass is 16.6. The van der Waals surface area contributed by atoms with Gasteiger partial charge < -0.3 is 14.8 Å². The van der Waals surface area contributed by atoms with Crippen molar-refractivity contribution in [3.63, 3.8) is 0 Å². The van der Waals surface area contributed by atoms with Crippen LogP contribution in [0.25, 0.3) is 0 Å². The van der Waals surface area contributed by atoms with E-state index >= 15 is 0 Å². The Hall–Kier alpha value is -3.02. The molecule has 1 atom stereocenters. The second kappa shape index (κ2) is 13.0. The Labute approximate surface area is 204 Å². The van der Waals surface area contributed by atoms with Gasteiger partial charge in [0.1, 0.15) is 12.2 Å². The number of hydrogen-bond donors (Lipinski definition) is 1. The Balaban J connectivity index is 2.08. The molecule has 0 unspecified atom stereocenters. The maximum atomic E-state index is 13.1. The SMILES string of the molecule is CCCC[C@@H](COC(=O)N(Cc1ccc(C)cc1)Cc1ccc(C)cc1)NC(=O)OC(C)(C)C. The lowest BCUT2D eigenvalue weighted by Gasteiger charge is -2.26. The highest BCUT2D eigenvalue weighted by molar-refractivity contribution is 5.69. The third kappa shape index (κ3) is 10.3. The van der Waals surface area contributed by atoms with E-state index in [1.54, 1.807) is 4.90 Å². The van der Waals surface area contributed by atoms with Gasteiger partial charge in [-0.15, -0.1) is 0 Å². The molecular formula is C28H40N2O4. The molecular weight excluding hydrogens is 428 g/mol. The van der Waals surface area contributed by atoms with Crippen molar-refractivity contribution >= 4 is 12.2 Å². The molecule has 34 heavy (non-hydrogen) atoms. The van der Waals surface area contributed by atoms with Gasteiger partial charge in [0.2, 0.25) is 0 Å². The molecule has 0 radical (unpaired) electrons. The summed E-state index contributed by atoms with van der Waals surface area (Å²) in [6, 6.07) is 16.0. The molecule has 6 nitrogen and oxygen atoms in total. The molecule has 0 aliphatic carbocycles. The molecule has 2 amide bonds. The molecule has 0 bridgehead atoms. The van der Waals surface area contributed by atoms with Gasteiger partial charge in [0, 0.05) is 13.1 Å². The van der Waals surface area contributed by atoms with Crippen LogP contribution in [0.2, 0.25) is 0 Å². The molecule has 0 saturated heterocycles. The number of carbonyl (C=O) groups is 2. The van der Waals surface area contributed by atoms with Gasteiger partial charge in [0.25, 0.3) is 0 Å². The number of ether oxygens (including phenoxy) is 2. The zero-order valence-electron chi connectivity index (χ0n) is 21.5. The Morgan fingerprint density at radius 3 is 1.85 bits per heavy atom. The van der Waals surface area contributed by atoms with E-state index in [-0.39, 0.29) is 12.6 Å². The molecule has 2 rings (SSSR count). The van der Waals surface area contributed by atoms with E-state index in [9.17, 15) is 9.59 Å². The summed E-state index contributed by atoms with van der Waals surface area (Å²) < 4.78 is 11.1. The predicted octanol–water partition coefficient (Wildman–Crippen LogP) is 6.53. The van der Waals surface area contributed by atoms with Crippen LogP contribution in [0.5, 0.6) is 0 Å². The largest absolute Gasteiger partial charge is 0.447 e. The van der Waals surface area contributed by atoms with Crippen molar-refractivity contribution < 1.29 is 19.1 Å². The molecule has 0 aliphatic heterocycles. The number of rotatable bonds is 10. The minimum Gasteiger partial charge on any atom is -0.447 e. The minimum atomic E-state index is -0.588. The second-order valence-electron chi connectivity index (χ2n) is 9.89. The van der Waals surface area contributed by atoms with Crippen molar-refractivity contribution in [2.45, 2.75) is 85.5 Å². The summed E-state index contributed by atoms with van der Waals surface area (Å²) in [6.45, 7) is 12.6. The van der Waals surface area contributed by atoms with Crippen LogP contribution < -0.4 is 5.32 Å². The molecule has 0 spiro atoms. The van der Waals surface area contributed by atoms with E-state index < -0.39 is 17.8 Å². The molecule has 186 valence electrons. The predicted molar refractivity (Wildman–Crippen MR) is 136 cm³/mol. The van der Waals surface area contributed by atoms with Gasteiger partial charge in [-0.25, -0.2) is 9.59 Å². The fraction of sp³-hybridized carbons (Fsp3) is 0.500. The molecule has 6 heteroatoms. The Kier molecular flexibility index (Phi) is 10.4. The number of aryl methyl sites for hydroxylation is 2. The summed E-state index contributed by atoms with van der Waals surface area (Å²) in [4.78, 5) is 27.1. The third-order valence-corrected chi connectivity index (χ3v) is 5.28. The van der Waals surface area contributed by atoms with Gasteiger partial charge >= 0.3 is 12.2 Å². The molecule has 1 N–H and O–H groups in total. The van der Waals surface area contributed by atoms with Crippen molar-refractivity contribution in [3.8, 4) is 0 Å². The molecule has 0 aliphatic rings. The summed E-state index contributed by atoms with van der Waals surface area (Å²) in [5, 5.41) is 2.86. The molecule has 0 saturated carbocycles. The normalized spacial score (nSPS) is 12.1. The Morgan fingerprint density at radius 1 is 0.912 bits per heavy atom. The summed E-state index contributed by atoms with van der Waals surface area (Å²) >= 11 is 0. The Bertz CT molecular complexity index is 854. The zero-order chi connectivity index (χ0) is 25.1. The molecule has 0 fully saturated rings. The first-order chi connectivity index (χ1) is 16.1. The van der Waals surface area contributed by atoms with Crippen molar-refractivity contribution in [1.29, 1.82) is 0 Å². The van der Waals surface area contributed by atoms with Crippen molar-refractivity contribution in [3.05, 3.63) is 70.8 Å². The number of amides is 2. The Morgan fingerprint density at radius 2 is 1.41 bits per heavy atom.